The lowest BCUT2D eigenvalue weighted by Crippen LogP contribution is -2.25. The van der Waals surface area contributed by atoms with Crippen molar-refractivity contribution >= 4 is 16.0 Å². The minimum Gasteiger partial charge on any atom is -0.465 e. The molecule has 1 aromatic carbocycles. The van der Waals surface area contributed by atoms with Gasteiger partial charge in [0.25, 0.3) is 0 Å². The maximum Gasteiger partial charge on any atom is 0.327 e. The largest absolute Gasteiger partial charge is 0.465 e. The smallest absolute Gasteiger partial charge is 0.327 e. The highest BCUT2D eigenvalue weighted by atomic mass is 32.2. The van der Waals surface area contributed by atoms with Crippen LogP contribution in [0.4, 0.5) is 0 Å². The van der Waals surface area contributed by atoms with Crippen molar-refractivity contribution in [1.29, 1.82) is 5.26 Å². The van der Waals surface area contributed by atoms with E-state index in [-0.39, 0.29) is 17.1 Å². The summed E-state index contributed by atoms with van der Waals surface area (Å²) in [6.07, 6.45) is 0. The molecule has 0 saturated heterocycles. The Bertz CT molecular complexity index is 632. The standard InChI is InChI=1S/C13H16N2O4S/c1-4-19-13(16)11(9-14)10-7-5-6-8-12(10)20(17,18)15(2)3/h5-8,11H,4H2,1-3H3. The van der Waals surface area contributed by atoms with Crippen LogP contribution >= 0.6 is 0 Å². The van der Waals surface area contributed by atoms with Crippen LogP contribution in [-0.2, 0) is 19.6 Å². The normalized spacial score (nSPS) is 12.8. The number of ether oxygens (including phenoxy) is 1. The molecule has 0 fully saturated rings. The molecular weight excluding hydrogens is 280 g/mol. The van der Waals surface area contributed by atoms with Crippen LogP contribution in [0.3, 0.4) is 0 Å². The zero-order valence-electron chi connectivity index (χ0n) is 11.5. The molecule has 7 heteroatoms. The molecule has 6 nitrogen and oxygen atoms in total. The number of nitrogens with zero attached hydrogens (tertiary/aromatic N) is 2. The maximum atomic E-state index is 12.2. The van der Waals surface area contributed by atoms with Crippen LogP contribution in [-0.4, -0.2) is 39.4 Å². The van der Waals surface area contributed by atoms with Gasteiger partial charge in [-0.25, -0.2) is 12.7 Å². The fourth-order valence-corrected chi connectivity index (χ4v) is 2.75. The molecule has 0 aliphatic carbocycles. The lowest BCUT2D eigenvalue weighted by atomic mass is 10.0. The fraction of sp³-hybridized carbons (Fsp3) is 0.385. The van der Waals surface area contributed by atoms with Gasteiger partial charge in [-0.05, 0) is 13.0 Å². The molecule has 0 spiro atoms. The third-order valence-corrected chi connectivity index (χ3v) is 4.53. The van der Waals surface area contributed by atoms with Crippen molar-refractivity contribution in [2.24, 2.45) is 0 Å². The molecule has 0 N–H and O–H groups in total. The Kier molecular flexibility index (Phi) is 5.25. The number of carbonyl (C=O) groups is 1. The number of hydrogen-bond donors (Lipinski definition) is 0. The van der Waals surface area contributed by atoms with Gasteiger partial charge in [0.2, 0.25) is 10.0 Å². The maximum absolute atomic E-state index is 12.2. The predicted octanol–water partition coefficient (Wildman–Crippen LogP) is 1.11. The third kappa shape index (κ3) is 3.15. The average molecular weight is 296 g/mol. The number of benzene rings is 1. The first kappa shape index (κ1) is 16.1. The zero-order chi connectivity index (χ0) is 15.3. The van der Waals surface area contributed by atoms with E-state index in [1.807, 2.05) is 0 Å². The number of esters is 1. The Morgan fingerprint density at radius 1 is 1.40 bits per heavy atom. The molecule has 108 valence electrons. The van der Waals surface area contributed by atoms with E-state index in [0.29, 0.717) is 0 Å². The molecule has 1 unspecified atom stereocenters. The summed E-state index contributed by atoms with van der Waals surface area (Å²) in [5.41, 5.74) is 0.127. The Morgan fingerprint density at radius 2 is 2.00 bits per heavy atom. The summed E-state index contributed by atoms with van der Waals surface area (Å²) in [6, 6.07) is 7.73. The average Bonchev–Trinajstić information content (AvgIpc) is 2.40. The first-order valence-corrected chi connectivity index (χ1v) is 7.38. The Labute approximate surface area is 118 Å². The van der Waals surface area contributed by atoms with E-state index in [2.05, 4.69) is 0 Å². The van der Waals surface area contributed by atoms with E-state index in [4.69, 9.17) is 10.00 Å². The Balaban J connectivity index is 3.40. The fourth-order valence-electron chi connectivity index (χ4n) is 1.63. The van der Waals surface area contributed by atoms with E-state index >= 15 is 0 Å². The number of hydrogen-bond acceptors (Lipinski definition) is 5. The molecule has 0 radical (unpaired) electrons. The lowest BCUT2D eigenvalue weighted by molar-refractivity contribution is -0.143. The van der Waals surface area contributed by atoms with Crippen LogP contribution < -0.4 is 0 Å². The van der Waals surface area contributed by atoms with E-state index < -0.39 is 21.9 Å². The van der Waals surface area contributed by atoms with Crippen molar-refractivity contribution in [1.82, 2.24) is 4.31 Å². The quantitative estimate of drug-likeness (QED) is 0.759. The SMILES string of the molecule is CCOC(=O)C(C#N)c1ccccc1S(=O)(=O)N(C)C. The molecule has 0 aliphatic heterocycles. The van der Waals surface area contributed by atoms with E-state index in [1.54, 1.807) is 25.1 Å². The summed E-state index contributed by atoms with van der Waals surface area (Å²) in [5, 5.41) is 9.15. The molecule has 0 saturated carbocycles. The molecule has 1 aromatic rings. The second-order valence-electron chi connectivity index (χ2n) is 4.14. The van der Waals surface area contributed by atoms with Crippen LogP contribution in [0.15, 0.2) is 29.2 Å². The molecule has 0 amide bonds. The van der Waals surface area contributed by atoms with Crippen LogP contribution in [0.1, 0.15) is 18.4 Å². The summed E-state index contributed by atoms with van der Waals surface area (Å²) < 4.78 is 30.3. The third-order valence-electron chi connectivity index (χ3n) is 2.64. The number of carbonyl (C=O) groups excluding carboxylic acids is 1. The van der Waals surface area contributed by atoms with Crippen molar-refractivity contribution in [2.75, 3.05) is 20.7 Å². The van der Waals surface area contributed by atoms with Gasteiger partial charge in [0, 0.05) is 19.7 Å². The minimum atomic E-state index is -3.74. The highest BCUT2D eigenvalue weighted by Gasteiger charge is 2.29. The van der Waals surface area contributed by atoms with Crippen molar-refractivity contribution in [3.8, 4) is 6.07 Å². The number of nitriles is 1. The van der Waals surface area contributed by atoms with Gasteiger partial charge in [0.1, 0.15) is 0 Å². The van der Waals surface area contributed by atoms with Gasteiger partial charge in [0.15, 0.2) is 5.92 Å². The first-order chi connectivity index (χ1) is 9.36. The van der Waals surface area contributed by atoms with E-state index in [1.165, 1.54) is 26.2 Å². The number of rotatable bonds is 5. The molecule has 0 aliphatic rings. The summed E-state index contributed by atoms with van der Waals surface area (Å²) in [6.45, 7) is 1.74. The van der Waals surface area contributed by atoms with Gasteiger partial charge >= 0.3 is 5.97 Å². The monoisotopic (exact) mass is 296 g/mol. The lowest BCUT2D eigenvalue weighted by Gasteiger charge is -2.17. The molecule has 1 rings (SSSR count). The second kappa shape index (κ2) is 6.50. The van der Waals surface area contributed by atoms with Gasteiger partial charge in [-0.3, -0.25) is 4.79 Å². The zero-order valence-corrected chi connectivity index (χ0v) is 12.3. The van der Waals surface area contributed by atoms with Gasteiger partial charge in [0.05, 0.1) is 17.6 Å². The minimum absolute atomic E-state index is 0.0652. The number of sulfonamides is 1. The van der Waals surface area contributed by atoms with Crippen molar-refractivity contribution in [3.63, 3.8) is 0 Å². The summed E-state index contributed by atoms with van der Waals surface area (Å²) in [7, 11) is -0.963. The molecule has 1 atom stereocenters. The predicted molar refractivity (Wildman–Crippen MR) is 72.3 cm³/mol. The second-order valence-corrected chi connectivity index (χ2v) is 6.26. The van der Waals surface area contributed by atoms with Gasteiger partial charge in [-0.15, -0.1) is 0 Å². The molecular formula is C13H16N2O4S. The highest BCUT2D eigenvalue weighted by molar-refractivity contribution is 7.89. The Hall–Kier alpha value is -1.91. The van der Waals surface area contributed by atoms with Crippen molar-refractivity contribution in [3.05, 3.63) is 29.8 Å². The van der Waals surface area contributed by atoms with Crippen LogP contribution in [0.25, 0.3) is 0 Å². The molecule has 0 bridgehead atoms. The molecule has 20 heavy (non-hydrogen) atoms. The van der Waals surface area contributed by atoms with Crippen molar-refractivity contribution in [2.45, 2.75) is 17.7 Å². The van der Waals surface area contributed by atoms with Crippen molar-refractivity contribution < 1.29 is 17.9 Å². The van der Waals surface area contributed by atoms with Gasteiger partial charge < -0.3 is 4.74 Å². The topological polar surface area (TPSA) is 87.5 Å². The summed E-state index contributed by atoms with van der Waals surface area (Å²) in [5.74, 6) is -2.02. The van der Waals surface area contributed by atoms with Gasteiger partial charge in [-0.2, -0.15) is 5.26 Å². The van der Waals surface area contributed by atoms with Crippen LogP contribution in [0, 0.1) is 11.3 Å². The summed E-state index contributed by atoms with van der Waals surface area (Å²) in [4.78, 5) is 11.7. The van der Waals surface area contributed by atoms with Gasteiger partial charge in [-0.1, -0.05) is 18.2 Å². The molecule has 0 aromatic heterocycles. The summed E-state index contributed by atoms with van der Waals surface area (Å²) >= 11 is 0. The van der Waals surface area contributed by atoms with E-state index in [9.17, 15) is 13.2 Å². The Morgan fingerprint density at radius 3 is 2.50 bits per heavy atom. The van der Waals surface area contributed by atoms with Crippen LogP contribution in [0.2, 0.25) is 0 Å². The molecule has 0 heterocycles. The first-order valence-electron chi connectivity index (χ1n) is 5.94. The highest BCUT2D eigenvalue weighted by Crippen LogP contribution is 2.26. The van der Waals surface area contributed by atoms with Crippen LogP contribution in [0.5, 0.6) is 0 Å². The van der Waals surface area contributed by atoms with E-state index in [0.717, 1.165) is 4.31 Å².